The summed E-state index contributed by atoms with van der Waals surface area (Å²) >= 11 is 3.34. The third-order valence-electron chi connectivity index (χ3n) is 1.28. The molecule has 3 N–H and O–H groups in total. The van der Waals surface area contributed by atoms with Crippen molar-refractivity contribution < 1.29 is 0 Å². The SMILES string of the molecule is CC.CNc1cc(Br)ccc1N. The van der Waals surface area contributed by atoms with Crippen molar-refractivity contribution in [3.05, 3.63) is 22.7 Å². The number of halogens is 1. The first kappa shape index (κ1) is 11.3. The number of nitrogens with two attached hydrogens (primary N) is 1. The molecule has 0 atom stereocenters. The molecule has 68 valence electrons. The van der Waals surface area contributed by atoms with E-state index >= 15 is 0 Å². The zero-order valence-electron chi connectivity index (χ0n) is 7.69. The van der Waals surface area contributed by atoms with Crippen LogP contribution in [0.5, 0.6) is 0 Å². The van der Waals surface area contributed by atoms with Gasteiger partial charge in [-0.3, -0.25) is 0 Å². The van der Waals surface area contributed by atoms with Crippen LogP contribution in [0.15, 0.2) is 22.7 Å². The molecule has 3 heteroatoms. The number of anilines is 2. The van der Waals surface area contributed by atoms with Crippen molar-refractivity contribution in [3.8, 4) is 0 Å². The van der Waals surface area contributed by atoms with E-state index in [0.29, 0.717) is 0 Å². The maximum absolute atomic E-state index is 5.62. The molecule has 0 saturated heterocycles. The first-order chi connectivity index (χ1) is 5.74. The van der Waals surface area contributed by atoms with E-state index in [1.165, 1.54) is 0 Å². The van der Waals surface area contributed by atoms with E-state index < -0.39 is 0 Å². The molecule has 0 fully saturated rings. The molecule has 0 radical (unpaired) electrons. The Hall–Kier alpha value is -0.700. The fraction of sp³-hybridized carbons (Fsp3) is 0.333. The topological polar surface area (TPSA) is 38.0 Å². The molecule has 0 unspecified atom stereocenters. The number of nitrogen functional groups attached to an aromatic ring is 1. The van der Waals surface area contributed by atoms with Gasteiger partial charge < -0.3 is 11.1 Å². The number of nitrogens with one attached hydrogen (secondary N) is 1. The molecule has 0 aliphatic heterocycles. The summed E-state index contributed by atoms with van der Waals surface area (Å²) in [5.41, 5.74) is 7.34. The second-order valence-corrected chi connectivity index (χ2v) is 2.90. The summed E-state index contributed by atoms with van der Waals surface area (Å²) in [6.45, 7) is 4.00. The zero-order chi connectivity index (χ0) is 9.56. The van der Waals surface area contributed by atoms with E-state index in [-0.39, 0.29) is 0 Å². The van der Waals surface area contributed by atoms with Crippen molar-refractivity contribution in [1.29, 1.82) is 0 Å². The Bertz CT molecular complexity index is 236. The Morgan fingerprint density at radius 2 is 1.92 bits per heavy atom. The van der Waals surface area contributed by atoms with Crippen molar-refractivity contribution in [2.45, 2.75) is 13.8 Å². The minimum Gasteiger partial charge on any atom is -0.397 e. The Kier molecular flexibility index (Phi) is 5.54. The van der Waals surface area contributed by atoms with Crippen molar-refractivity contribution >= 4 is 27.3 Å². The molecule has 0 amide bonds. The largest absolute Gasteiger partial charge is 0.397 e. The van der Waals surface area contributed by atoms with Crippen LogP contribution in [-0.4, -0.2) is 7.05 Å². The Balaban J connectivity index is 0.000000561. The highest BCUT2D eigenvalue weighted by Crippen LogP contribution is 2.22. The number of benzene rings is 1. The highest BCUT2D eigenvalue weighted by atomic mass is 79.9. The van der Waals surface area contributed by atoms with Crippen LogP contribution in [0.4, 0.5) is 11.4 Å². The lowest BCUT2D eigenvalue weighted by Crippen LogP contribution is -1.94. The van der Waals surface area contributed by atoms with Crippen molar-refractivity contribution in [2.75, 3.05) is 18.1 Å². The molecule has 0 aliphatic rings. The summed E-state index contributed by atoms with van der Waals surface area (Å²) in [6.07, 6.45) is 0. The molecule has 0 heterocycles. The maximum Gasteiger partial charge on any atom is 0.0582 e. The minimum absolute atomic E-state index is 0.769. The van der Waals surface area contributed by atoms with E-state index in [2.05, 4.69) is 21.2 Å². The monoisotopic (exact) mass is 230 g/mol. The van der Waals surface area contributed by atoms with Crippen LogP contribution in [0, 0.1) is 0 Å². The second kappa shape index (κ2) is 5.89. The summed E-state index contributed by atoms with van der Waals surface area (Å²) in [7, 11) is 1.85. The lowest BCUT2D eigenvalue weighted by atomic mass is 10.3. The van der Waals surface area contributed by atoms with Gasteiger partial charge in [0, 0.05) is 11.5 Å². The van der Waals surface area contributed by atoms with Crippen molar-refractivity contribution in [3.63, 3.8) is 0 Å². The first-order valence-electron chi connectivity index (χ1n) is 3.97. The molecule has 1 aromatic carbocycles. The van der Waals surface area contributed by atoms with Crippen LogP contribution in [0.25, 0.3) is 0 Å². The van der Waals surface area contributed by atoms with Crippen LogP contribution >= 0.6 is 15.9 Å². The predicted molar refractivity (Wildman–Crippen MR) is 59.4 cm³/mol. The minimum atomic E-state index is 0.769. The third-order valence-corrected chi connectivity index (χ3v) is 1.78. The Morgan fingerprint density at radius 3 is 2.33 bits per heavy atom. The van der Waals surface area contributed by atoms with E-state index in [1.807, 2.05) is 39.1 Å². The first-order valence-corrected chi connectivity index (χ1v) is 4.76. The van der Waals surface area contributed by atoms with Crippen LogP contribution in [0.1, 0.15) is 13.8 Å². The molecule has 1 rings (SSSR count). The van der Waals surface area contributed by atoms with Crippen LogP contribution in [-0.2, 0) is 0 Å². The van der Waals surface area contributed by atoms with Gasteiger partial charge >= 0.3 is 0 Å². The van der Waals surface area contributed by atoms with Gasteiger partial charge in [-0.1, -0.05) is 29.8 Å². The second-order valence-electron chi connectivity index (χ2n) is 1.98. The highest BCUT2D eigenvalue weighted by Gasteiger charge is 1.94. The van der Waals surface area contributed by atoms with Crippen LogP contribution in [0.2, 0.25) is 0 Å². The summed E-state index contributed by atoms with van der Waals surface area (Å²) in [5.74, 6) is 0. The fourth-order valence-electron chi connectivity index (χ4n) is 0.745. The molecule has 0 aromatic heterocycles. The molecular weight excluding hydrogens is 216 g/mol. The van der Waals surface area contributed by atoms with Gasteiger partial charge in [0.05, 0.1) is 11.4 Å². The van der Waals surface area contributed by atoms with Gasteiger partial charge in [0.25, 0.3) is 0 Å². The molecule has 12 heavy (non-hydrogen) atoms. The number of hydrogen-bond acceptors (Lipinski definition) is 2. The summed E-state index contributed by atoms with van der Waals surface area (Å²) < 4.78 is 1.03. The van der Waals surface area contributed by atoms with Gasteiger partial charge in [0.1, 0.15) is 0 Å². The van der Waals surface area contributed by atoms with E-state index in [4.69, 9.17) is 5.73 Å². The number of rotatable bonds is 1. The number of hydrogen-bond donors (Lipinski definition) is 2. The van der Waals surface area contributed by atoms with Crippen molar-refractivity contribution in [1.82, 2.24) is 0 Å². The third kappa shape index (κ3) is 3.13. The van der Waals surface area contributed by atoms with Gasteiger partial charge in [-0.05, 0) is 18.2 Å². The van der Waals surface area contributed by atoms with E-state index in [1.54, 1.807) is 0 Å². The zero-order valence-corrected chi connectivity index (χ0v) is 9.27. The van der Waals surface area contributed by atoms with Gasteiger partial charge in [0.2, 0.25) is 0 Å². The molecule has 0 bridgehead atoms. The van der Waals surface area contributed by atoms with E-state index in [0.717, 1.165) is 15.8 Å². The smallest absolute Gasteiger partial charge is 0.0582 e. The van der Waals surface area contributed by atoms with E-state index in [9.17, 15) is 0 Å². The van der Waals surface area contributed by atoms with Gasteiger partial charge in [0.15, 0.2) is 0 Å². The molecule has 0 spiro atoms. The Morgan fingerprint density at radius 1 is 1.33 bits per heavy atom. The summed E-state index contributed by atoms with van der Waals surface area (Å²) in [6, 6.07) is 5.71. The predicted octanol–water partition coefficient (Wildman–Crippen LogP) is 3.10. The lowest BCUT2D eigenvalue weighted by molar-refractivity contribution is 1.50. The fourth-order valence-corrected chi connectivity index (χ4v) is 1.11. The van der Waals surface area contributed by atoms with Gasteiger partial charge in [-0.15, -0.1) is 0 Å². The molecule has 0 saturated carbocycles. The van der Waals surface area contributed by atoms with Crippen LogP contribution in [0.3, 0.4) is 0 Å². The molecular formula is C9H15BrN2. The lowest BCUT2D eigenvalue weighted by Gasteiger charge is -2.03. The maximum atomic E-state index is 5.62. The van der Waals surface area contributed by atoms with Gasteiger partial charge in [-0.25, -0.2) is 0 Å². The van der Waals surface area contributed by atoms with Crippen molar-refractivity contribution in [2.24, 2.45) is 0 Å². The highest BCUT2D eigenvalue weighted by molar-refractivity contribution is 9.10. The van der Waals surface area contributed by atoms with Crippen LogP contribution < -0.4 is 11.1 Å². The molecule has 1 aromatic rings. The van der Waals surface area contributed by atoms with Gasteiger partial charge in [-0.2, -0.15) is 0 Å². The quantitative estimate of drug-likeness (QED) is 0.729. The molecule has 0 aliphatic carbocycles. The standard InChI is InChI=1S/C7H9BrN2.C2H6/c1-10-7-4-5(8)2-3-6(7)9;1-2/h2-4,10H,9H2,1H3;1-2H3. The summed E-state index contributed by atoms with van der Waals surface area (Å²) in [4.78, 5) is 0. The Labute approximate surface area is 82.3 Å². The molecule has 2 nitrogen and oxygen atoms in total. The summed E-state index contributed by atoms with van der Waals surface area (Å²) in [5, 5.41) is 2.98. The average molecular weight is 231 g/mol. The normalized spacial score (nSPS) is 8.33. The average Bonchev–Trinajstić information content (AvgIpc) is 2.13.